The summed E-state index contributed by atoms with van der Waals surface area (Å²) < 4.78 is 0. The van der Waals surface area contributed by atoms with Gasteiger partial charge in [0.2, 0.25) is 0 Å². The van der Waals surface area contributed by atoms with E-state index in [0.29, 0.717) is 27.6 Å². The number of rotatable bonds is 3. The summed E-state index contributed by atoms with van der Waals surface area (Å²) in [5.74, 6) is 0.272. The van der Waals surface area contributed by atoms with Crippen LogP contribution in [0.5, 0.6) is 0 Å². The number of nitrogens with zero attached hydrogens (tertiary/aromatic N) is 5. The Balaban J connectivity index is 1.90. The number of thiophene rings is 1. The average Bonchev–Trinajstić information content (AvgIpc) is 3.07. The van der Waals surface area contributed by atoms with Crippen LogP contribution in [0.4, 0.5) is 5.82 Å². The van der Waals surface area contributed by atoms with Gasteiger partial charge in [0.05, 0.1) is 10.9 Å². The smallest absolute Gasteiger partial charge is 0.337 e. The maximum atomic E-state index is 11.6. The fourth-order valence-electron chi connectivity index (χ4n) is 2.94. The van der Waals surface area contributed by atoms with Crippen LogP contribution in [0, 0.1) is 0 Å². The molecule has 4 heterocycles. The zero-order valence-corrected chi connectivity index (χ0v) is 14.5. The van der Waals surface area contributed by atoms with Crippen molar-refractivity contribution in [2.45, 2.75) is 0 Å². The van der Waals surface area contributed by atoms with Gasteiger partial charge in [0.25, 0.3) is 0 Å². The minimum atomic E-state index is -0.948. The number of hydrogen-bond acceptors (Lipinski definition) is 7. The van der Waals surface area contributed by atoms with E-state index in [1.54, 1.807) is 11.6 Å². The van der Waals surface area contributed by atoms with Crippen molar-refractivity contribution in [3.8, 4) is 11.5 Å². The number of carboxylic acids is 1. The van der Waals surface area contributed by atoms with Gasteiger partial charge in [0.1, 0.15) is 16.3 Å². The Hall–Kier alpha value is -2.58. The summed E-state index contributed by atoms with van der Waals surface area (Å²) in [6.45, 7) is 3.44. The molecule has 8 heteroatoms. The second-order valence-corrected chi connectivity index (χ2v) is 6.87. The van der Waals surface area contributed by atoms with E-state index in [-0.39, 0.29) is 5.56 Å². The van der Waals surface area contributed by atoms with Crippen LogP contribution in [-0.2, 0) is 0 Å². The molecule has 0 amide bonds. The predicted octanol–water partition coefficient (Wildman–Crippen LogP) is 2.20. The summed E-state index contributed by atoms with van der Waals surface area (Å²) in [5, 5.41) is 11.8. The number of anilines is 1. The van der Waals surface area contributed by atoms with Crippen LogP contribution < -0.4 is 4.90 Å². The number of pyridine rings is 1. The van der Waals surface area contributed by atoms with Gasteiger partial charge in [-0.3, -0.25) is 4.98 Å². The van der Waals surface area contributed by atoms with Crippen molar-refractivity contribution in [2.24, 2.45) is 0 Å². The highest BCUT2D eigenvalue weighted by molar-refractivity contribution is 7.17. The number of piperazine rings is 1. The fraction of sp³-hybridized carbons (Fsp3) is 0.294. The molecule has 0 aromatic carbocycles. The van der Waals surface area contributed by atoms with Gasteiger partial charge in [0.15, 0.2) is 5.82 Å². The summed E-state index contributed by atoms with van der Waals surface area (Å²) >= 11 is 1.33. The second-order valence-electron chi connectivity index (χ2n) is 6.01. The van der Waals surface area contributed by atoms with Gasteiger partial charge in [-0.15, -0.1) is 11.3 Å². The average molecular weight is 355 g/mol. The lowest BCUT2D eigenvalue weighted by atomic mass is 10.2. The highest BCUT2D eigenvalue weighted by atomic mass is 32.1. The van der Waals surface area contributed by atoms with Crippen LogP contribution in [-0.4, -0.2) is 64.2 Å². The van der Waals surface area contributed by atoms with Crippen molar-refractivity contribution in [1.82, 2.24) is 19.9 Å². The predicted molar refractivity (Wildman–Crippen MR) is 97.3 cm³/mol. The molecule has 0 spiro atoms. The molecular weight excluding hydrogens is 338 g/mol. The lowest BCUT2D eigenvalue weighted by Crippen LogP contribution is -2.45. The number of carbonyl (C=O) groups is 1. The van der Waals surface area contributed by atoms with Crippen molar-refractivity contribution in [3.63, 3.8) is 0 Å². The van der Waals surface area contributed by atoms with Crippen molar-refractivity contribution < 1.29 is 9.90 Å². The number of aromatic carboxylic acids is 1. The lowest BCUT2D eigenvalue weighted by Gasteiger charge is -2.33. The Bertz CT molecular complexity index is 919. The lowest BCUT2D eigenvalue weighted by molar-refractivity contribution is 0.0699. The SMILES string of the molecule is CN1CCN(c2nc(-c3ccccn3)nc3scc(C(=O)O)c23)CC1. The van der Waals surface area contributed by atoms with Crippen molar-refractivity contribution in [2.75, 3.05) is 38.1 Å². The Labute approximate surface area is 148 Å². The number of hydrogen-bond donors (Lipinski definition) is 1. The molecule has 4 rings (SSSR count). The first-order valence-electron chi connectivity index (χ1n) is 8.01. The molecule has 128 valence electrons. The van der Waals surface area contributed by atoms with Crippen LogP contribution >= 0.6 is 11.3 Å². The maximum Gasteiger partial charge on any atom is 0.337 e. The third-order valence-corrected chi connectivity index (χ3v) is 5.21. The number of fused-ring (bicyclic) bond motifs is 1. The first kappa shape index (κ1) is 15.9. The van der Waals surface area contributed by atoms with Gasteiger partial charge in [-0.2, -0.15) is 0 Å². The summed E-state index contributed by atoms with van der Waals surface area (Å²) in [6.07, 6.45) is 1.70. The summed E-state index contributed by atoms with van der Waals surface area (Å²) in [7, 11) is 2.08. The molecule has 0 unspecified atom stereocenters. The zero-order valence-electron chi connectivity index (χ0n) is 13.7. The molecule has 1 aliphatic heterocycles. The molecule has 25 heavy (non-hydrogen) atoms. The zero-order chi connectivity index (χ0) is 17.4. The number of likely N-dealkylation sites (N-methyl/N-ethyl adjacent to an activating group) is 1. The normalized spacial score (nSPS) is 15.6. The van der Waals surface area contributed by atoms with Gasteiger partial charge in [-0.1, -0.05) is 6.07 Å². The molecule has 1 fully saturated rings. The topological polar surface area (TPSA) is 82.5 Å². The highest BCUT2D eigenvalue weighted by Gasteiger charge is 2.24. The summed E-state index contributed by atoms with van der Waals surface area (Å²) in [4.78, 5) is 30.3. The number of carboxylic acid groups (broad SMARTS) is 1. The van der Waals surface area contributed by atoms with Crippen LogP contribution in [0.15, 0.2) is 29.8 Å². The monoisotopic (exact) mass is 355 g/mol. The standard InChI is InChI=1S/C17H17N5O2S/c1-21-6-8-22(9-7-21)15-13-11(17(23)24)10-25-16(13)20-14(19-15)12-4-2-3-5-18-12/h2-5,10H,6-9H2,1H3,(H,23,24). The first-order valence-corrected chi connectivity index (χ1v) is 8.89. The fourth-order valence-corrected chi connectivity index (χ4v) is 3.84. The van der Waals surface area contributed by atoms with Crippen LogP contribution in [0.25, 0.3) is 21.7 Å². The van der Waals surface area contributed by atoms with Crippen molar-refractivity contribution in [3.05, 3.63) is 35.3 Å². The highest BCUT2D eigenvalue weighted by Crippen LogP contribution is 2.34. The van der Waals surface area contributed by atoms with Crippen molar-refractivity contribution in [1.29, 1.82) is 0 Å². The molecule has 3 aromatic rings. The summed E-state index contributed by atoms with van der Waals surface area (Å²) in [6, 6.07) is 5.60. The Morgan fingerprint density at radius 2 is 2.00 bits per heavy atom. The van der Waals surface area contributed by atoms with E-state index in [4.69, 9.17) is 4.98 Å². The summed E-state index contributed by atoms with van der Waals surface area (Å²) in [5.41, 5.74) is 0.951. The minimum absolute atomic E-state index is 0.265. The molecule has 1 aliphatic rings. The van der Waals surface area contributed by atoms with Crippen LogP contribution in [0.2, 0.25) is 0 Å². The largest absolute Gasteiger partial charge is 0.478 e. The molecule has 0 bridgehead atoms. The van der Waals surface area contributed by atoms with Crippen molar-refractivity contribution >= 4 is 33.3 Å². The molecule has 1 saturated heterocycles. The van der Waals surface area contributed by atoms with E-state index in [2.05, 4.69) is 26.8 Å². The third kappa shape index (κ3) is 2.94. The minimum Gasteiger partial charge on any atom is -0.478 e. The molecule has 0 aliphatic carbocycles. The van der Waals surface area contributed by atoms with E-state index in [1.165, 1.54) is 11.3 Å². The van der Waals surface area contributed by atoms with Gasteiger partial charge in [-0.25, -0.2) is 14.8 Å². The van der Waals surface area contributed by atoms with E-state index in [0.717, 1.165) is 26.2 Å². The second kappa shape index (κ2) is 6.38. The van der Waals surface area contributed by atoms with Crippen LogP contribution in [0.1, 0.15) is 10.4 Å². The molecule has 7 nitrogen and oxygen atoms in total. The molecule has 3 aromatic heterocycles. The van der Waals surface area contributed by atoms with Gasteiger partial charge in [-0.05, 0) is 19.2 Å². The Morgan fingerprint density at radius 1 is 1.20 bits per heavy atom. The Kier molecular flexibility index (Phi) is 4.06. The van der Waals surface area contributed by atoms with E-state index < -0.39 is 5.97 Å². The molecular formula is C17H17N5O2S. The third-order valence-electron chi connectivity index (χ3n) is 4.34. The Morgan fingerprint density at radius 3 is 2.68 bits per heavy atom. The number of aromatic nitrogens is 3. The molecule has 0 saturated carbocycles. The first-order chi connectivity index (χ1) is 12.1. The van der Waals surface area contributed by atoms with E-state index >= 15 is 0 Å². The van der Waals surface area contributed by atoms with Gasteiger partial charge < -0.3 is 14.9 Å². The molecule has 1 N–H and O–H groups in total. The van der Waals surface area contributed by atoms with Gasteiger partial charge >= 0.3 is 5.97 Å². The molecule has 0 atom stereocenters. The molecule has 0 radical (unpaired) electrons. The van der Waals surface area contributed by atoms with Gasteiger partial charge in [0, 0.05) is 37.8 Å². The quantitative estimate of drug-likeness (QED) is 0.771. The van der Waals surface area contributed by atoms with E-state index in [9.17, 15) is 9.90 Å². The van der Waals surface area contributed by atoms with E-state index in [1.807, 2.05) is 18.2 Å². The van der Waals surface area contributed by atoms with Crippen LogP contribution in [0.3, 0.4) is 0 Å². The maximum absolute atomic E-state index is 11.6.